The van der Waals surface area contributed by atoms with Crippen molar-refractivity contribution in [1.29, 1.82) is 0 Å². The monoisotopic (exact) mass is 312 g/mol. The van der Waals surface area contributed by atoms with E-state index < -0.39 is 0 Å². The van der Waals surface area contributed by atoms with Crippen LogP contribution in [0.4, 0.5) is 0 Å². The lowest BCUT2D eigenvalue weighted by Crippen LogP contribution is -2.21. The number of likely N-dealkylation sites (tertiary alicyclic amines) is 1. The third kappa shape index (κ3) is 3.71. The molecule has 4 heteroatoms. The number of pyridine rings is 1. The Bertz CT molecular complexity index is 618. The van der Waals surface area contributed by atoms with E-state index in [9.17, 15) is 5.11 Å². The molecule has 3 rings (SSSR count). The number of rotatable bonds is 6. The van der Waals surface area contributed by atoms with Gasteiger partial charge in [0.2, 0.25) is 0 Å². The number of nitrogens with zero attached hydrogens (tertiary/aromatic N) is 2. The third-order valence-corrected chi connectivity index (χ3v) is 4.55. The lowest BCUT2D eigenvalue weighted by atomic mass is 9.90. The second kappa shape index (κ2) is 7.57. The summed E-state index contributed by atoms with van der Waals surface area (Å²) in [5.74, 6) is 1.60. The molecular weight excluding hydrogens is 288 g/mol. The molecule has 2 atom stereocenters. The average molecular weight is 312 g/mol. The summed E-state index contributed by atoms with van der Waals surface area (Å²) in [6.45, 7) is 5.62. The van der Waals surface area contributed by atoms with Gasteiger partial charge >= 0.3 is 0 Å². The lowest BCUT2D eigenvalue weighted by Gasteiger charge is -2.18. The van der Waals surface area contributed by atoms with Gasteiger partial charge in [0.1, 0.15) is 5.75 Å². The number of para-hydroxylation sites is 1. The van der Waals surface area contributed by atoms with Crippen molar-refractivity contribution < 1.29 is 9.84 Å². The first-order valence-corrected chi connectivity index (χ1v) is 8.25. The molecule has 2 aromatic rings. The minimum atomic E-state index is 0.219. The molecular formula is C19H24N2O2. The molecule has 2 heterocycles. The van der Waals surface area contributed by atoms with Crippen LogP contribution in [0.25, 0.3) is 0 Å². The zero-order valence-electron chi connectivity index (χ0n) is 13.6. The van der Waals surface area contributed by atoms with Gasteiger partial charge in [-0.25, -0.2) is 0 Å². The van der Waals surface area contributed by atoms with Crippen molar-refractivity contribution in [1.82, 2.24) is 9.88 Å². The molecule has 1 aromatic heterocycles. The van der Waals surface area contributed by atoms with Crippen molar-refractivity contribution >= 4 is 0 Å². The Balaban J connectivity index is 1.73. The van der Waals surface area contributed by atoms with E-state index in [1.807, 2.05) is 31.5 Å². The summed E-state index contributed by atoms with van der Waals surface area (Å²) in [6.07, 6.45) is 3.66. The summed E-state index contributed by atoms with van der Waals surface area (Å²) >= 11 is 0. The van der Waals surface area contributed by atoms with E-state index in [1.165, 1.54) is 11.1 Å². The van der Waals surface area contributed by atoms with Crippen LogP contribution < -0.4 is 4.74 Å². The minimum Gasteiger partial charge on any atom is -0.494 e. The molecule has 23 heavy (non-hydrogen) atoms. The fourth-order valence-electron chi connectivity index (χ4n) is 3.43. The minimum absolute atomic E-state index is 0.219. The Kier molecular flexibility index (Phi) is 5.26. The number of aliphatic hydroxyl groups is 1. The number of aliphatic hydroxyl groups excluding tert-OH is 1. The molecule has 1 saturated heterocycles. The summed E-state index contributed by atoms with van der Waals surface area (Å²) in [5, 5.41) is 9.75. The Labute approximate surface area is 137 Å². The van der Waals surface area contributed by atoms with E-state index in [2.05, 4.69) is 34.1 Å². The van der Waals surface area contributed by atoms with Gasteiger partial charge in [-0.1, -0.05) is 18.2 Å². The molecule has 1 aromatic carbocycles. The van der Waals surface area contributed by atoms with E-state index in [4.69, 9.17) is 4.74 Å². The molecule has 1 aliphatic rings. The smallest absolute Gasteiger partial charge is 0.123 e. The van der Waals surface area contributed by atoms with Crippen LogP contribution in [0.3, 0.4) is 0 Å². The van der Waals surface area contributed by atoms with Gasteiger partial charge in [-0.2, -0.15) is 0 Å². The number of hydrogen-bond acceptors (Lipinski definition) is 4. The van der Waals surface area contributed by atoms with Gasteiger partial charge in [-0.05, 0) is 30.7 Å². The van der Waals surface area contributed by atoms with Crippen LogP contribution in [0.5, 0.6) is 5.75 Å². The zero-order valence-corrected chi connectivity index (χ0v) is 13.6. The summed E-state index contributed by atoms with van der Waals surface area (Å²) < 4.78 is 5.73. The van der Waals surface area contributed by atoms with Gasteiger partial charge in [0.25, 0.3) is 0 Å². The zero-order chi connectivity index (χ0) is 16.1. The molecule has 1 N–H and O–H groups in total. The SMILES string of the molecule is CCOc1ccccc1CN1C[C@@H](CO)[C@H](c2ccncc2)C1. The van der Waals surface area contributed by atoms with Crippen LogP contribution in [-0.2, 0) is 6.54 Å². The van der Waals surface area contributed by atoms with Gasteiger partial charge in [-0.15, -0.1) is 0 Å². The van der Waals surface area contributed by atoms with Crippen LogP contribution in [0.1, 0.15) is 24.0 Å². The maximum atomic E-state index is 9.75. The molecule has 0 amide bonds. The maximum absolute atomic E-state index is 9.75. The fourth-order valence-corrected chi connectivity index (χ4v) is 3.43. The molecule has 122 valence electrons. The first-order valence-electron chi connectivity index (χ1n) is 8.25. The van der Waals surface area contributed by atoms with Crippen LogP contribution in [0, 0.1) is 5.92 Å². The average Bonchev–Trinajstić information content (AvgIpc) is 3.01. The normalized spacial score (nSPS) is 21.5. The van der Waals surface area contributed by atoms with Gasteiger partial charge < -0.3 is 9.84 Å². The van der Waals surface area contributed by atoms with E-state index in [1.54, 1.807) is 0 Å². The molecule has 0 radical (unpaired) electrons. The van der Waals surface area contributed by atoms with Crippen molar-refractivity contribution in [2.24, 2.45) is 5.92 Å². The van der Waals surface area contributed by atoms with E-state index in [0.717, 1.165) is 25.4 Å². The maximum Gasteiger partial charge on any atom is 0.123 e. The predicted octanol–water partition coefficient (Wildman–Crippen LogP) is 2.69. The van der Waals surface area contributed by atoms with Crippen LogP contribution in [0.2, 0.25) is 0 Å². The first kappa shape index (κ1) is 16.0. The molecule has 4 nitrogen and oxygen atoms in total. The van der Waals surface area contributed by atoms with Gasteiger partial charge in [-0.3, -0.25) is 9.88 Å². The molecule has 0 spiro atoms. The van der Waals surface area contributed by atoms with Crippen molar-refractivity contribution in [2.75, 3.05) is 26.3 Å². The van der Waals surface area contributed by atoms with Gasteiger partial charge in [0, 0.05) is 56.0 Å². The Morgan fingerprint density at radius 3 is 2.70 bits per heavy atom. The highest BCUT2D eigenvalue weighted by molar-refractivity contribution is 5.33. The highest BCUT2D eigenvalue weighted by atomic mass is 16.5. The second-order valence-corrected chi connectivity index (χ2v) is 6.06. The lowest BCUT2D eigenvalue weighted by molar-refractivity contribution is 0.213. The third-order valence-electron chi connectivity index (χ3n) is 4.55. The van der Waals surface area contributed by atoms with Gasteiger partial charge in [0.05, 0.1) is 6.61 Å². The van der Waals surface area contributed by atoms with Gasteiger partial charge in [0.15, 0.2) is 0 Å². The number of aromatic nitrogens is 1. The topological polar surface area (TPSA) is 45.6 Å². The number of benzene rings is 1. The Morgan fingerprint density at radius 1 is 1.17 bits per heavy atom. The Morgan fingerprint density at radius 2 is 1.96 bits per heavy atom. The van der Waals surface area contributed by atoms with Crippen molar-refractivity contribution in [2.45, 2.75) is 19.4 Å². The highest BCUT2D eigenvalue weighted by Crippen LogP contribution is 2.33. The standard InChI is InChI=1S/C19H24N2O2/c1-2-23-19-6-4-3-5-16(19)11-21-12-17(14-22)18(13-21)15-7-9-20-10-8-15/h3-10,17-18,22H,2,11-14H2,1H3/t17-,18-/m0/s1. The summed E-state index contributed by atoms with van der Waals surface area (Å²) in [7, 11) is 0. The first-order chi connectivity index (χ1) is 11.3. The Hall–Kier alpha value is -1.91. The number of hydrogen-bond donors (Lipinski definition) is 1. The second-order valence-electron chi connectivity index (χ2n) is 6.06. The van der Waals surface area contributed by atoms with Crippen LogP contribution in [-0.4, -0.2) is 41.3 Å². The quantitative estimate of drug-likeness (QED) is 0.891. The summed E-state index contributed by atoms with van der Waals surface area (Å²) in [6, 6.07) is 12.3. The van der Waals surface area contributed by atoms with Crippen molar-refractivity contribution in [3.8, 4) is 5.75 Å². The van der Waals surface area contributed by atoms with Crippen molar-refractivity contribution in [3.05, 3.63) is 59.9 Å². The fraction of sp³-hybridized carbons (Fsp3) is 0.421. The van der Waals surface area contributed by atoms with Crippen LogP contribution in [0.15, 0.2) is 48.8 Å². The molecule has 0 saturated carbocycles. The van der Waals surface area contributed by atoms with Crippen molar-refractivity contribution in [3.63, 3.8) is 0 Å². The molecule has 1 aliphatic heterocycles. The highest BCUT2D eigenvalue weighted by Gasteiger charge is 2.33. The largest absolute Gasteiger partial charge is 0.494 e. The molecule has 1 fully saturated rings. The van der Waals surface area contributed by atoms with E-state index >= 15 is 0 Å². The molecule has 0 bridgehead atoms. The summed E-state index contributed by atoms with van der Waals surface area (Å²) in [4.78, 5) is 6.50. The number of ether oxygens (including phenoxy) is 1. The molecule has 0 unspecified atom stereocenters. The predicted molar refractivity (Wildman–Crippen MR) is 90.4 cm³/mol. The van der Waals surface area contributed by atoms with E-state index in [-0.39, 0.29) is 12.5 Å². The van der Waals surface area contributed by atoms with Crippen LogP contribution >= 0.6 is 0 Å². The molecule has 0 aliphatic carbocycles. The van der Waals surface area contributed by atoms with E-state index in [0.29, 0.717) is 12.5 Å². The summed E-state index contributed by atoms with van der Waals surface area (Å²) in [5.41, 5.74) is 2.47.